The number of unbranched alkanes of at least 4 members (excludes halogenated alkanes) is 13. The summed E-state index contributed by atoms with van der Waals surface area (Å²) < 4.78 is 43.1. The Morgan fingerprint density at radius 3 is 1.76 bits per heavy atom. The first kappa shape index (κ1) is 32.9. The minimum absolute atomic E-state index is 0.238. The molecule has 0 heterocycles. The van der Waals surface area contributed by atoms with E-state index in [-0.39, 0.29) is 6.61 Å². The van der Waals surface area contributed by atoms with Crippen LogP contribution >= 0.6 is 0 Å². The lowest BCUT2D eigenvalue weighted by Gasteiger charge is -2.20. The van der Waals surface area contributed by atoms with Crippen molar-refractivity contribution >= 4 is 22.1 Å². The van der Waals surface area contributed by atoms with Crippen LogP contribution in [0.5, 0.6) is 5.75 Å². The van der Waals surface area contributed by atoms with E-state index in [1.165, 1.54) is 70.6 Å². The van der Waals surface area contributed by atoms with Crippen molar-refractivity contribution in [2.45, 2.75) is 121 Å². The largest absolute Gasteiger partial charge is 0.487 e. The summed E-state index contributed by atoms with van der Waals surface area (Å²) in [6.45, 7) is 2.00. The smallest absolute Gasteiger partial charge is 0.327 e. The summed E-state index contributed by atoms with van der Waals surface area (Å²) >= 11 is 0. The Bertz CT molecular complexity index is 841. The molecule has 0 saturated carbocycles. The molecule has 9 heteroatoms. The lowest BCUT2D eigenvalue weighted by atomic mass is 10.0. The first-order valence-electron chi connectivity index (χ1n) is 13.8. The number of carboxylic acids is 1. The van der Waals surface area contributed by atoms with E-state index in [1.807, 2.05) is 18.2 Å². The Morgan fingerprint density at radius 2 is 1.30 bits per heavy atom. The summed E-state index contributed by atoms with van der Waals surface area (Å²) in [6, 6.07) is 9.01. The van der Waals surface area contributed by atoms with Gasteiger partial charge in [-0.1, -0.05) is 109 Å². The molecule has 1 aromatic rings. The molecule has 2 unspecified atom stereocenters. The average Bonchev–Trinajstić information content (AvgIpc) is 2.85. The van der Waals surface area contributed by atoms with Crippen LogP contribution in [0.1, 0.15) is 110 Å². The maximum Gasteiger partial charge on any atom is 0.327 e. The molecule has 0 fully saturated rings. The molecule has 2 N–H and O–H groups in total. The lowest BCUT2D eigenvalue weighted by molar-refractivity contribution is -0.149. The number of benzene rings is 1. The number of carboxylic acid groups (broad SMARTS) is 1. The highest BCUT2D eigenvalue weighted by Crippen LogP contribution is 2.18. The molecular formula is C28H46O8S. The number of aliphatic carboxylic acids is 1. The van der Waals surface area contributed by atoms with Gasteiger partial charge in [-0.25, -0.2) is 0 Å². The van der Waals surface area contributed by atoms with E-state index in [1.54, 1.807) is 12.1 Å². The number of rotatable bonds is 23. The van der Waals surface area contributed by atoms with Crippen molar-refractivity contribution in [3.05, 3.63) is 30.3 Å². The van der Waals surface area contributed by atoms with Crippen LogP contribution in [-0.2, 0) is 24.4 Å². The number of esters is 1. The van der Waals surface area contributed by atoms with Gasteiger partial charge in [0, 0.05) is 0 Å². The van der Waals surface area contributed by atoms with Crippen molar-refractivity contribution in [3.8, 4) is 5.75 Å². The van der Waals surface area contributed by atoms with Crippen molar-refractivity contribution < 1.29 is 37.1 Å². The van der Waals surface area contributed by atoms with Crippen LogP contribution in [0.3, 0.4) is 0 Å². The van der Waals surface area contributed by atoms with Crippen LogP contribution in [0, 0.1) is 0 Å². The van der Waals surface area contributed by atoms with E-state index in [4.69, 9.17) is 14.6 Å². The van der Waals surface area contributed by atoms with Crippen LogP contribution in [0.2, 0.25) is 0 Å². The van der Waals surface area contributed by atoms with E-state index >= 15 is 0 Å². The first-order valence-corrected chi connectivity index (χ1v) is 15.3. The molecule has 37 heavy (non-hydrogen) atoms. The molecule has 0 amide bonds. The van der Waals surface area contributed by atoms with Crippen molar-refractivity contribution in [1.82, 2.24) is 0 Å². The van der Waals surface area contributed by atoms with E-state index in [9.17, 15) is 22.6 Å². The maximum atomic E-state index is 12.2. The molecule has 0 aliphatic carbocycles. The third kappa shape index (κ3) is 17.1. The van der Waals surface area contributed by atoms with E-state index < -0.39 is 39.8 Å². The fourth-order valence-corrected chi connectivity index (χ4v) is 4.84. The minimum atomic E-state index is -4.90. The molecule has 2 atom stereocenters. The molecule has 0 radical (unpaired) electrons. The van der Waals surface area contributed by atoms with Crippen molar-refractivity contribution in [1.29, 1.82) is 0 Å². The van der Waals surface area contributed by atoms with Crippen molar-refractivity contribution in [2.24, 2.45) is 0 Å². The Morgan fingerprint density at radius 1 is 0.811 bits per heavy atom. The molecule has 212 valence electrons. The number of carbonyl (C=O) groups is 2. The zero-order valence-electron chi connectivity index (χ0n) is 22.3. The molecule has 8 nitrogen and oxygen atoms in total. The maximum absolute atomic E-state index is 12.2. The quantitative estimate of drug-likeness (QED) is 0.0902. The number of para-hydroxylation sites is 1. The Labute approximate surface area is 222 Å². The summed E-state index contributed by atoms with van der Waals surface area (Å²) in [4.78, 5) is 23.1. The molecule has 0 aromatic heterocycles. The predicted octanol–water partition coefficient (Wildman–Crippen LogP) is 6.58. The topological polar surface area (TPSA) is 127 Å². The lowest BCUT2D eigenvalue weighted by Crippen LogP contribution is -2.36. The number of hydrogen-bond donors (Lipinski definition) is 2. The van der Waals surface area contributed by atoms with Crippen LogP contribution in [0.15, 0.2) is 30.3 Å². The van der Waals surface area contributed by atoms with Gasteiger partial charge in [0.15, 0.2) is 5.25 Å². The second kappa shape index (κ2) is 19.9. The van der Waals surface area contributed by atoms with Gasteiger partial charge < -0.3 is 14.6 Å². The number of hydrogen-bond acceptors (Lipinski definition) is 6. The van der Waals surface area contributed by atoms with Crippen molar-refractivity contribution in [3.63, 3.8) is 0 Å². The molecule has 0 aliphatic rings. The van der Waals surface area contributed by atoms with E-state index in [0.29, 0.717) is 12.2 Å². The molecule has 1 aromatic carbocycles. The molecule has 0 spiro atoms. The van der Waals surface area contributed by atoms with Gasteiger partial charge in [-0.2, -0.15) is 8.42 Å². The molecular weight excluding hydrogens is 496 g/mol. The minimum Gasteiger partial charge on any atom is -0.487 e. The highest BCUT2D eigenvalue weighted by molar-refractivity contribution is 7.87. The van der Waals surface area contributed by atoms with Gasteiger partial charge in [0.25, 0.3) is 10.1 Å². The Hall–Kier alpha value is -2.13. The van der Waals surface area contributed by atoms with Crippen LogP contribution in [0.4, 0.5) is 0 Å². The summed E-state index contributed by atoms with van der Waals surface area (Å²) in [7, 11) is -4.90. The van der Waals surface area contributed by atoms with Crippen LogP contribution < -0.4 is 4.74 Å². The van der Waals surface area contributed by atoms with Gasteiger partial charge in [-0.05, 0) is 25.0 Å². The Kier molecular flexibility index (Phi) is 17.7. The second-order valence-electron chi connectivity index (χ2n) is 9.67. The molecule has 0 aliphatic heterocycles. The summed E-state index contributed by atoms with van der Waals surface area (Å²) in [5.74, 6) is -2.24. The van der Waals surface area contributed by atoms with E-state index in [0.717, 1.165) is 19.3 Å². The molecule has 0 bridgehead atoms. The molecule has 1 rings (SSSR count). The predicted molar refractivity (Wildman–Crippen MR) is 144 cm³/mol. The highest BCUT2D eigenvalue weighted by atomic mass is 32.2. The summed E-state index contributed by atoms with van der Waals surface area (Å²) in [5, 5.41) is 6.69. The third-order valence-electron chi connectivity index (χ3n) is 6.32. The fourth-order valence-electron chi connectivity index (χ4n) is 4.17. The van der Waals surface area contributed by atoms with E-state index in [2.05, 4.69) is 6.92 Å². The Balaban J connectivity index is 2.35. The third-order valence-corrected chi connectivity index (χ3v) is 7.40. The van der Waals surface area contributed by atoms with Gasteiger partial charge in [0.1, 0.15) is 18.5 Å². The second-order valence-corrected chi connectivity index (χ2v) is 11.3. The van der Waals surface area contributed by atoms with Gasteiger partial charge in [0.2, 0.25) is 0 Å². The van der Waals surface area contributed by atoms with Crippen LogP contribution in [-0.4, -0.2) is 48.0 Å². The van der Waals surface area contributed by atoms with Crippen molar-refractivity contribution in [2.75, 3.05) is 6.61 Å². The zero-order valence-corrected chi connectivity index (χ0v) is 23.1. The average molecular weight is 543 g/mol. The standard InChI is InChI=1S/C28H46O8S/c1-2-3-4-5-6-7-8-9-10-11-12-13-14-16-21-25(36-24-19-17-15-18-20-24)23-35-28(31)26(22-27(29)30)37(32,33)34/h15,17-20,25-26H,2-14,16,21-23H2,1H3,(H,29,30)(H,32,33,34). The summed E-state index contributed by atoms with van der Waals surface area (Å²) in [6.07, 6.45) is 16.4. The monoisotopic (exact) mass is 542 g/mol. The fraction of sp³-hybridized carbons (Fsp3) is 0.714. The van der Waals surface area contributed by atoms with Gasteiger partial charge in [-0.15, -0.1) is 0 Å². The van der Waals surface area contributed by atoms with Crippen LogP contribution in [0.25, 0.3) is 0 Å². The van der Waals surface area contributed by atoms with Gasteiger partial charge >= 0.3 is 11.9 Å². The normalized spacial score (nSPS) is 13.1. The SMILES string of the molecule is CCCCCCCCCCCCCCCCC(COC(=O)C(CC(=O)O)S(=O)(=O)O)Oc1ccccc1. The summed E-state index contributed by atoms with van der Waals surface area (Å²) in [5.41, 5.74) is 0. The first-order chi connectivity index (χ1) is 17.7. The van der Waals surface area contributed by atoms with Gasteiger partial charge in [0.05, 0.1) is 6.42 Å². The molecule has 0 saturated heterocycles. The number of ether oxygens (including phenoxy) is 2. The van der Waals surface area contributed by atoms with Gasteiger partial charge in [-0.3, -0.25) is 14.1 Å². The highest BCUT2D eigenvalue weighted by Gasteiger charge is 2.35. The number of carbonyl (C=O) groups excluding carboxylic acids is 1. The zero-order chi connectivity index (χ0) is 27.4.